The number of furan rings is 1. The number of para-hydroxylation sites is 1. The summed E-state index contributed by atoms with van der Waals surface area (Å²) in [5.74, 6) is 1.86. The highest BCUT2D eigenvalue weighted by molar-refractivity contribution is 5.85. The number of methoxy groups -OCH3 is 1. The van der Waals surface area contributed by atoms with E-state index in [-0.39, 0.29) is 6.04 Å². The number of nitrogens with one attached hydrogen (secondary N) is 1. The van der Waals surface area contributed by atoms with Crippen molar-refractivity contribution in [3.05, 3.63) is 94.6 Å². The molecule has 3 heterocycles. The molecule has 1 atom stereocenters. The molecule has 4 aromatic rings. The second-order valence-corrected chi connectivity index (χ2v) is 7.84. The molecule has 2 aromatic carbocycles. The van der Waals surface area contributed by atoms with Gasteiger partial charge in [0.15, 0.2) is 0 Å². The summed E-state index contributed by atoms with van der Waals surface area (Å²) in [4.78, 5) is 6.26. The van der Waals surface area contributed by atoms with Crippen molar-refractivity contribution in [3.8, 4) is 0 Å². The number of aryl methyl sites for hydroxylation is 1. The van der Waals surface area contributed by atoms with Crippen molar-refractivity contribution >= 4 is 10.9 Å². The van der Waals surface area contributed by atoms with E-state index in [0.717, 1.165) is 31.0 Å². The lowest BCUT2D eigenvalue weighted by Gasteiger charge is -2.36. The van der Waals surface area contributed by atoms with Crippen LogP contribution in [-0.2, 0) is 24.3 Å². The summed E-state index contributed by atoms with van der Waals surface area (Å²) in [6.07, 6.45) is 1.04. The second-order valence-electron chi connectivity index (χ2n) is 7.84. The molecule has 4 heteroatoms. The van der Waals surface area contributed by atoms with Gasteiger partial charge in [-0.15, -0.1) is 0 Å². The molecule has 0 radical (unpaired) electrons. The second kappa shape index (κ2) is 7.54. The van der Waals surface area contributed by atoms with Crippen LogP contribution in [0.2, 0.25) is 0 Å². The zero-order valence-electron chi connectivity index (χ0n) is 16.9. The van der Waals surface area contributed by atoms with Crippen molar-refractivity contribution < 1.29 is 9.15 Å². The van der Waals surface area contributed by atoms with E-state index in [9.17, 15) is 0 Å². The van der Waals surface area contributed by atoms with Crippen LogP contribution in [0.25, 0.3) is 10.9 Å². The first-order chi connectivity index (χ1) is 14.2. The Hall–Kier alpha value is -2.82. The number of rotatable bonds is 5. The third-order valence-corrected chi connectivity index (χ3v) is 5.98. The summed E-state index contributed by atoms with van der Waals surface area (Å²) >= 11 is 0. The third kappa shape index (κ3) is 3.28. The largest absolute Gasteiger partial charge is 0.462 e. The van der Waals surface area contributed by atoms with E-state index < -0.39 is 0 Å². The molecule has 0 saturated heterocycles. The first-order valence-electron chi connectivity index (χ1n) is 10.2. The maximum absolute atomic E-state index is 6.01. The number of hydrogen-bond donors (Lipinski definition) is 1. The Morgan fingerprint density at radius 2 is 1.83 bits per heavy atom. The Morgan fingerprint density at radius 3 is 2.69 bits per heavy atom. The molecule has 1 aliphatic rings. The molecule has 0 fully saturated rings. The van der Waals surface area contributed by atoms with Crippen LogP contribution in [0, 0.1) is 6.92 Å². The summed E-state index contributed by atoms with van der Waals surface area (Å²) in [7, 11) is 1.69. The van der Waals surface area contributed by atoms with Gasteiger partial charge in [0.25, 0.3) is 0 Å². The molecule has 0 bridgehead atoms. The maximum atomic E-state index is 6.01. The summed E-state index contributed by atoms with van der Waals surface area (Å²) in [5.41, 5.74) is 6.65. The van der Waals surface area contributed by atoms with Crippen LogP contribution in [0.5, 0.6) is 0 Å². The zero-order chi connectivity index (χ0) is 19.8. The lowest BCUT2D eigenvalue weighted by atomic mass is 9.90. The van der Waals surface area contributed by atoms with Crippen LogP contribution < -0.4 is 0 Å². The van der Waals surface area contributed by atoms with Gasteiger partial charge in [0, 0.05) is 30.3 Å². The molecule has 1 N–H and O–H groups in total. The quantitative estimate of drug-likeness (QED) is 0.502. The Bertz CT molecular complexity index is 1140. The highest BCUT2D eigenvalue weighted by Gasteiger charge is 2.32. The van der Waals surface area contributed by atoms with Gasteiger partial charge in [-0.1, -0.05) is 42.5 Å². The van der Waals surface area contributed by atoms with E-state index in [2.05, 4.69) is 71.4 Å². The molecule has 4 nitrogen and oxygen atoms in total. The number of ether oxygens (including phenoxy) is 1. The summed E-state index contributed by atoms with van der Waals surface area (Å²) in [6.45, 7) is 4.48. The van der Waals surface area contributed by atoms with E-state index in [1.165, 1.54) is 33.3 Å². The Kier molecular flexibility index (Phi) is 4.74. The predicted molar refractivity (Wildman–Crippen MR) is 115 cm³/mol. The van der Waals surface area contributed by atoms with Crippen molar-refractivity contribution in [2.24, 2.45) is 0 Å². The highest BCUT2D eigenvalue weighted by atomic mass is 16.5. The van der Waals surface area contributed by atoms with Gasteiger partial charge in [0.2, 0.25) is 0 Å². The van der Waals surface area contributed by atoms with E-state index in [4.69, 9.17) is 9.15 Å². The molecule has 1 unspecified atom stereocenters. The lowest BCUT2D eigenvalue weighted by molar-refractivity contribution is 0.153. The molecule has 1 aliphatic heterocycles. The fraction of sp³-hybridized carbons (Fsp3) is 0.280. The van der Waals surface area contributed by atoms with E-state index >= 15 is 0 Å². The van der Waals surface area contributed by atoms with Crippen molar-refractivity contribution in [3.63, 3.8) is 0 Å². The standard InChI is InChI=1S/C25H26N2O2/c1-17-7-3-4-8-20(17)25-24-22(21-9-5-6-10-23(21)26-24)13-14-27(25)15-18-11-12-19(29-18)16-28-2/h3-12,25-26H,13-16H2,1-2H3. The molecule has 0 saturated carbocycles. The third-order valence-electron chi connectivity index (χ3n) is 5.98. The van der Waals surface area contributed by atoms with Gasteiger partial charge in [0.1, 0.15) is 18.1 Å². The van der Waals surface area contributed by atoms with Gasteiger partial charge in [-0.3, -0.25) is 4.90 Å². The fourth-order valence-electron chi connectivity index (χ4n) is 4.63. The number of hydrogen-bond acceptors (Lipinski definition) is 3. The van der Waals surface area contributed by atoms with E-state index in [1.54, 1.807) is 7.11 Å². The Labute approximate surface area is 171 Å². The minimum Gasteiger partial charge on any atom is -0.462 e. The first kappa shape index (κ1) is 18.2. The van der Waals surface area contributed by atoms with Crippen LogP contribution in [0.1, 0.15) is 39.9 Å². The smallest absolute Gasteiger partial charge is 0.129 e. The number of fused-ring (bicyclic) bond motifs is 3. The van der Waals surface area contributed by atoms with Gasteiger partial charge < -0.3 is 14.1 Å². The Balaban J connectivity index is 1.58. The lowest BCUT2D eigenvalue weighted by Crippen LogP contribution is -2.35. The molecule has 29 heavy (non-hydrogen) atoms. The van der Waals surface area contributed by atoms with E-state index in [0.29, 0.717) is 6.61 Å². The normalized spacial score (nSPS) is 17.0. The summed E-state index contributed by atoms with van der Waals surface area (Å²) in [5, 5.41) is 1.35. The van der Waals surface area contributed by atoms with Crippen molar-refractivity contribution in [2.75, 3.05) is 13.7 Å². The summed E-state index contributed by atoms with van der Waals surface area (Å²) in [6, 6.07) is 21.6. The maximum Gasteiger partial charge on any atom is 0.129 e. The van der Waals surface area contributed by atoms with Crippen LogP contribution in [-0.4, -0.2) is 23.5 Å². The van der Waals surface area contributed by atoms with Gasteiger partial charge in [-0.2, -0.15) is 0 Å². The molecule has 0 amide bonds. The molecule has 0 spiro atoms. The predicted octanol–water partition coefficient (Wildman–Crippen LogP) is 5.36. The van der Waals surface area contributed by atoms with Gasteiger partial charge >= 0.3 is 0 Å². The number of benzene rings is 2. The van der Waals surface area contributed by atoms with Crippen LogP contribution in [0.15, 0.2) is 65.1 Å². The minimum absolute atomic E-state index is 0.184. The van der Waals surface area contributed by atoms with Crippen molar-refractivity contribution in [2.45, 2.75) is 32.5 Å². The Morgan fingerprint density at radius 1 is 1.03 bits per heavy atom. The zero-order valence-corrected chi connectivity index (χ0v) is 16.9. The topological polar surface area (TPSA) is 41.4 Å². The molecular weight excluding hydrogens is 360 g/mol. The van der Waals surface area contributed by atoms with Gasteiger partial charge in [-0.25, -0.2) is 0 Å². The monoisotopic (exact) mass is 386 g/mol. The summed E-state index contributed by atoms with van der Waals surface area (Å²) < 4.78 is 11.2. The number of aromatic nitrogens is 1. The number of nitrogens with zero attached hydrogens (tertiary/aromatic N) is 1. The highest BCUT2D eigenvalue weighted by Crippen LogP contribution is 2.40. The van der Waals surface area contributed by atoms with Crippen LogP contribution in [0.4, 0.5) is 0 Å². The average Bonchev–Trinajstić information content (AvgIpc) is 3.33. The van der Waals surface area contributed by atoms with Gasteiger partial charge in [-0.05, 0) is 48.2 Å². The average molecular weight is 386 g/mol. The fourth-order valence-corrected chi connectivity index (χ4v) is 4.63. The van der Waals surface area contributed by atoms with Crippen molar-refractivity contribution in [1.82, 2.24) is 9.88 Å². The SMILES string of the molecule is COCc1ccc(CN2CCc3c([nH]c4ccccc34)C2c2ccccc2C)o1. The molecular formula is C25H26N2O2. The van der Waals surface area contributed by atoms with Gasteiger partial charge in [0.05, 0.1) is 12.6 Å². The van der Waals surface area contributed by atoms with Crippen molar-refractivity contribution in [1.29, 1.82) is 0 Å². The molecule has 0 aliphatic carbocycles. The molecule has 5 rings (SSSR count). The van der Waals surface area contributed by atoms with Crippen LogP contribution >= 0.6 is 0 Å². The number of H-pyrrole nitrogens is 1. The first-order valence-corrected chi connectivity index (χ1v) is 10.2. The van der Waals surface area contributed by atoms with E-state index in [1.807, 2.05) is 6.07 Å². The minimum atomic E-state index is 0.184. The molecule has 2 aromatic heterocycles. The number of aromatic amines is 1. The molecule has 148 valence electrons. The van der Waals surface area contributed by atoms with Crippen LogP contribution in [0.3, 0.4) is 0 Å².